The van der Waals surface area contributed by atoms with Gasteiger partial charge in [-0.2, -0.15) is 10.2 Å². The van der Waals surface area contributed by atoms with Gasteiger partial charge in [-0.1, -0.05) is 12.1 Å². The third-order valence-electron chi connectivity index (χ3n) is 5.47. The van der Waals surface area contributed by atoms with Gasteiger partial charge in [0.1, 0.15) is 5.82 Å². The van der Waals surface area contributed by atoms with E-state index in [1.165, 1.54) is 0 Å². The first kappa shape index (κ1) is 18.9. The Morgan fingerprint density at radius 1 is 0.939 bits per heavy atom. The van der Waals surface area contributed by atoms with Crippen molar-refractivity contribution in [1.29, 1.82) is 0 Å². The van der Waals surface area contributed by atoms with Gasteiger partial charge < -0.3 is 10.3 Å². The Kier molecular flexibility index (Phi) is 4.43. The molecule has 0 aliphatic heterocycles. The Bertz CT molecular complexity index is 1600. The molecule has 2 aromatic carbocycles. The minimum absolute atomic E-state index is 0.00573. The molecule has 0 amide bonds. The highest BCUT2D eigenvalue weighted by atomic mass is 16.1. The number of ketones is 1. The van der Waals surface area contributed by atoms with E-state index in [1.807, 2.05) is 48.5 Å². The van der Waals surface area contributed by atoms with Gasteiger partial charge in [0, 0.05) is 46.4 Å². The van der Waals surface area contributed by atoms with E-state index < -0.39 is 0 Å². The van der Waals surface area contributed by atoms with Crippen LogP contribution in [0.5, 0.6) is 0 Å². The predicted molar refractivity (Wildman–Crippen MR) is 125 cm³/mol. The van der Waals surface area contributed by atoms with Crippen LogP contribution in [0.4, 0.5) is 11.5 Å². The quantitative estimate of drug-likeness (QED) is 0.288. The number of benzene rings is 2. The summed E-state index contributed by atoms with van der Waals surface area (Å²) in [6.45, 7) is 0. The van der Waals surface area contributed by atoms with E-state index in [-0.39, 0.29) is 12.2 Å². The number of aromatic nitrogens is 7. The molecule has 0 saturated heterocycles. The summed E-state index contributed by atoms with van der Waals surface area (Å²) < 4.78 is 0. The molecule has 0 saturated carbocycles. The van der Waals surface area contributed by atoms with Gasteiger partial charge in [0.25, 0.3) is 0 Å². The SMILES string of the molecule is O=C(Cc1cn[nH]c1)c1cc2ccc(-c3nccc(Nc4ccc5[nH]ncc5c4)n3)cc2[nH]1. The summed E-state index contributed by atoms with van der Waals surface area (Å²) in [6.07, 6.45) is 7.18. The lowest BCUT2D eigenvalue weighted by molar-refractivity contribution is 0.0989. The van der Waals surface area contributed by atoms with Gasteiger partial charge >= 0.3 is 0 Å². The molecule has 4 aromatic heterocycles. The molecular weight excluding hydrogens is 416 g/mol. The predicted octanol–water partition coefficient (Wildman–Crippen LogP) is 4.39. The van der Waals surface area contributed by atoms with Crippen LogP contribution in [0, 0.1) is 0 Å². The van der Waals surface area contributed by atoms with Gasteiger partial charge in [0.05, 0.1) is 23.6 Å². The molecule has 0 aliphatic rings. The summed E-state index contributed by atoms with van der Waals surface area (Å²) in [5.74, 6) is 1.28. The smallest absolute Gasteiger partial charge is 0.183 e. The van der Waals surface area contributed by atoms with Crippen LogP contribution < -0.4 is 5.32 Å². The van der Waals surface area contributed by atoms with E-state index in [4.69, 9.17) is 0 Å². The first-order chi connectivity index (χ1) is 16.2. The number of anilines is 2. The van der Waals surface area contributed by atoms with Crippen LogP contribution in [0.3, 0.4) is 0 Å². The molecule has 0 atom stereocenters. The minimum Gasteiger partial charge on any atom is -0.352 e. The average Bonchev–Trinajstić information content (AvgIpc) is 3.59. The fourth-order valence-electron chi connectivity index (χ4n) is 3.81. The van der Waals surface area contributed by atoms with Crippen molar-refractivity contribution in [2.24, 2.45) is 0 Å². The van der Waals surface area contributed by atoms with Crippen molar-refractivity contribution in [1.82, 2.24) is 35.3 Å². The van der Waals surface area contributed by atoms with E-state index in [0.717, 1.165) is 38.6 Å². The third kappa shape index (κ3) is 3.72. The number of aromatic amines is 3. The molecule has 0 aliphatic carbocycles. The number of H-pyrrole nitrogens is 3. The molecule has 4 heterocycles. The number of fused-ring (bicyclic) bond motifs is 2. The zero-order valence-corrected chi connectivity index (χ0v) is 17.3. The van der Waals surface area contributed by atoms with Gasteiger partial charge in [0.2, 0.25) is 0 Å². The maximum absolute atomic E-state index is 12.6. The van der Waals surface area contributed by atoms with Crippen molar-refractivity contribution in [3.05, 3.63) is 84.6 Å². The summed E-state index contributed by atoms with van der Waals surface area (Å²) >= 11 is 0. The second kappa shape index (κ2) is 7.72. The Morgan fingerprint density at radius 3 is 2.82 bits per heavy atom. The molecule has 4 N–H and O–H groups in total. The van der Waals surface area contributed by atoms with Crippen LogP contribution in [0.25, 0.3) is 33.2 Å². The number of nitrogens with zero attached hydrogens (tertiary/aromatic N) is 4. The third-order valence-corrected chi connectivity index (χ3v) is 5.47. The molecule has 9 heteroatoms. The largest absolute Gasteiger partial charge is 0.352 e. The average molecular weight is 434 g/mol. The Hall–Kier alpha value is -4.79. The van der Waals surface area contributed by atoms with Crippen LogP contribution in [-0.2, 0) is 6.42 Å². The standard InChI is InChI=1S/C24H18N8O/c33-22(7-14-11-26-27-12-14)21-9-15-1-2-16(10-20(15)30-21)24-25-6-5-23(31-24)29-18-3-4-19-17(8-18)13-28-32-19/h1-6,8-13,30H,7H2,(H,26,27)(H,28,32)(H,25,29,31). The van der Waals surface area contributed by atoms with Crippen molar-refractivity contribution < 1.29 is 4.79 Å². The molecule has 6 aromatic rings. The summed E-state index contributed by atoms with van der Waals surface area (Å²) in [6, 6.07) is 15.5. The first-order valence-corrected chi connectivity index (χ1v) is 10.4. The van der Waals surface area contributed by atoms with Crippen LogP contribution in [0.2, 0.25) is 0 Å². The molecule has 0 unspecified atom stereocenters. The van der Waals surface area contributed by atoms with Crippen molar-refractivity contribution >= 4 is 39.1 Å². The van der Waals surface area contributed by atoms with Crippen LogP contribution in [0.1, 0.15) is 16.1 Å². The molecule has 33 heavy (non-hydrogen) atoms. The number of hydrogen-bond donors (Lipinski definition) is 4. The zero-order valence-electron chi connectivity index (χ0n) is 17.3. The summed E-state index contributed by atoms with van der Waals surface area (Å²) in [5, 5.41) is 18.9. The second-order valence-electron chi connectivity index (χ2n) is 7.75. The van der Waals surface area contributed by atoms with Gasteiger partial charge in [-0.15, -0.1) is 0 Å². The fraction of sp³-hybridized carbons (Fsp3) is 0.0417. The van der Waals surface area contributed by atoms with E-state index in [2.05, 4.69) is 40.7 Å². The minimum atomic E-state index is 0.00573. The van der Waals surface area contributed by atoms with E-state index in [9.17, 15) is 4.79 Å². The van der Waals surface area contributed by atoms with E-state index >= 15 is 0 Å². The number of nitrogens with one attached hydrogen (secondary N) is 4. The molecular formula is C24H18N8O. The van der Waals surface area contributed by atoms with Gasteiger partial charge in [-0.3, -0.25) is 15.0 Å². The summed E-state index contributed by atoms with van der Waals surface area (Å²) in [7, 11) is 0. The summed E-state index contributed by atoms with van der Waals surface area (Å²) in [5.41, 5.74) is 5.01. The number of carbonyl (C=O) groups excluding carboxylic acids is 1. The molecule has 6 rings (SSSR count). The normalized spacial score (nSPS) is 11.3. The number of rotatable bonds is 6. The highest BCUT2D eigenvalue weighted by molar-refractivity contribution is 6.01. The van der Waals surface area contributed by atoms with Crippen LogP contribution in [0.15, 0.2) is 73.3 Å². The highest BCUT2D eigenvalue weighted by Gasteiger charge is 2.12. The number of Topliss-reactive ketones (excluding diaryl/α,β-unsaturated/α-hetero) is 1. The Labute approximate surface area is 187 Å². The molecule has 0 radical (unpaired) electrons. The van der Waals surface area contributed by atoms with Crippen molar-refractivity contribution in [3.63, 3.8) is 0 Å². The Balaban J connectivity index is 1.26. The van der Waals surface area contributed by atoms with E-state index in [0.29, 0.717) is 17.3 Å². The van der Waals surface area contributed by atoms with Crippen LogP contribution >= 0.6 is 0 Å². The lowest BCUT2D eigenvalue weighted by atomic mass is 10.1. The lowest BCUT2D eigenvalue weighted by Gasteiger charge is -2.07. The molecule has 0 bridgehead atoms. The topological polar surface area (TPSA) is 128 Å². The number of carbonyl (C=O) groups is 1. The maximum Gasteiger partial charge on any atom is 0.183 e. The van der Waals surface area contributed by atoms with Gasteiger partial charge in [-0.25, -0.2) is 9.97 Å². The first-order valence-electron chi connectivity index (χ1n) is 10.4. The molecule has 9 nitrogen and oxygen atoms in total. The maximum atomic E-state index is 12.6. The molecule has 0 fully saturated rings. The van der Waals surface area contributed by atoms with Gasteiger partial charge in [-0.05, 0) is 42.0 Å². The Morgan fingerprint density at radius 2 is 1.91 bits per heavy atom. The molecule has 0 spiro atoms. The van der Waals surface area contributed by atoms with E-state index in [1.54, 1.807) is 24.8 Å². The monoisotopic (exact) mass is 434 g/mol. The lowest BCUT2D eigenvalue weighted by Crippen LogP contribution is -2.02. The molecule has 160 valence electrons. The fourth-order valence-corrected chi connectivity index (χ4v) is 3.81. The van der Waals surface area contributed by atoms with Crippen molar-refractivity contribution in [3.8, 4) is 11.4 Å². The van der Waals surface area contributed by atoms with Crippen molar-refractivity contribution in [2.45, 2.75) is 6.42 Å². The van der Waals surface area contributed by atoms with Crippen molar-refractivity contribution in [2.75, 3.05) is 5.32 Å². The number of hydrogen-bond acceptors (Lipinski definition) is 6. The van der Waals surface area contributed by atoms with Gasteiger partial charge in [0.15, 0.2) is 11.6 Å². The summed E-state index contributed by atoms with van der Waals surface area (Å²) in [4.78, 5) is 24.9. The van der Waals surface area contributed by atoms with Crippen LogP contribution in [-0.4, -0.2) is 41.1 Å². The second-order valence-corrected chi connectivity index (χ2v) is 7.75. The zero-order chi connectivity index (χ0) is 22.2. The highest BCUT2D eigenvalue weighted by Crippen LogP contribution is 2.25.